The molecule has 104 valence electrons. The fourth-order valence-corrected chi connectivity index (χ4v) is 2.84. The van der Waals surface area contributed by atoms with Crippen LogP contribution in [0, 0.1) is 0 Å². The molecular weight excluding hydrogens is 306 g/mol. The number of amides is 1. The van der Waals surface area contributed by atoms with Crippen LogP contribution in [0.1, 0.15) is 6.92 Å². The molecular formula is C14H20BrN3O. The number of likely N-dealkylation sites (N-methyl/N-ethyl adjacent to an activating group) is 2. The molecule has 1 aromatic carbocycles. The maximum atomic E-state index is 12.4. The second kappa shape index (κ2) is 5.92. The third-order valence-corrected chi connectivity index (χ3v) is 4.16. The summed E-state index contributed by atoms with van der Waals surface area (Å²) in [6, 6.07) is 8.20. The third-order valence-electron chi connectivity index (χ3n) is 3.67. The molecule has 4 nitrogen and oxygen atoms in total. The molecule has 0 bridgehead atoms. The minimum absolute atomic E-state index is 0.138. The van der Waals surface area contributed by atoms with Gasteiger partial charge in [0.15, 0.2) is 0 Å². The van der Waals surface area contributed by atoms with Crippen molar-refractivity contribution in [2.75, 3.05) is 32.1 Å². The molecule has 0 aliphatic carbocycles. The SMILES string of the molecule is CNCC1C(=O)N(C)C(C)CN1c1cccc(Br)c1. The minimum atomic E-state index is -0.138. The predicted molar refractivity (Wildman–Crippen MR) is 81.4 cm³/mol. The highest BCUT2D eigenvalue weighted by molar-refractivity contribution is 9.10. The number of anilines is 1. The van der Waals surface area contributed by atoms with Crippen LogP contribution in [0.5, 0.6) is 0 Å². The van der Waals surface area contributed by atoms with Gasteiger partial charge in [0.2, 0.25) is 5.91 Å². The Morgan fingerprint density at radius 1 is 1.47 bits per heavy atom. The molecule has 2 unspecified atom stereocenters. The summed E-state index contributed by atoms with van der Waals surface area (Å²) in [5.41, 5.74) is 1.09. The van der Waals surface area contributed by atoms with Crippen molar-refractivity contribution in [1.82, 2.24) is 10.2 Å². The van der Waals surface area contributed by atoms with Crippen LogP contribution in [0.4, 0.5) is 5.69 Å². The summed E-state index contributed by atoms with van der Waals surface area (Å²) >= 11 is 3.49. The van der Waals surface area contributed by atoms with Crippen molar-refractivity contribution in [2.24, 2.45) is 0 Å². The molecule has 2 rings (SSSR count). The normalized spacial score (nSPS) is 23.9. The Morgan fingerprint density at radius 3 is 2.84 bits per heavy atom. The lowest BCUT2D eigenvalue weighted by Gasteiger charge is -2.44. The first kappa shape index (κ1) is 14.3. The topological polar surface area (TPSA) is 35.6 Å². The van der Waals surface area contributed by atoms with E-state index in [0.29, 0.717) is 6.54 Å². The fourth-order valence-electron chi connectivity index (χ4n) is 2.45. The van der Waals surface area contributed by atoms with E-state index >= 15 is 0 Å². The van der Waals surface area contributed by atoms with E-state index in [1.165, 1.54) is 0 Å². The number of benzene rings is 1. The number of nitrogens with one attached hydrogen (secondary N) is 1. The largest absolute Gasteiger partial charge is 0.356 e. The van der Waals surface area contributed by atoms with Gasteiger partial charge in [0.1, 0.15) is 6.04 Å². The molecule has 0 radical (unpaired) electrons. The van der Waals surface area contributed by atoms with Crippen molar-refractivity contribution < 1.29 is 4.79 Å². The minimum Gasteiger partial charge on any atom is -0.356 e. The van der Waals surface area contributed by atoms with Crippen molar-refractivity contribution in [3.05, 3.63) is 28.7 Å². The molecule has 0 saturated carbocycles. The number of halogens is 1. The van der Waals surface area contributed by atoms with E-state index < -0.39 is 0 Å². The molecule has 1 aliphatic heterocycles. The number of carbonyl (C=O) groups excluding carboxylic acids is 1. The number of piperazine rings is 1. The summed E-state index contributed by atoms with van der Waals surface area (Å²) in [5.74, 6) is 0.174. The van der Waals surface area contributed by atoms with Crippen LogP contribution in [0.3, 0.4) is 0 Å². The third kappa shape index (κ3) is 2.92. The van der Waals surface area contributed by atoms with E-state index in [0.717, 1.165) is 16.7 Å². The van der Waals surface area contributed by atoms with Crippen molar-refractivity contribution in [1.29, 1.82) is 0 Å². The molecule has 19 heavy (non-hydrogen) atoms. The lowest BCUT2D eigenvalue weighted by molar-refractivity contribution is -0.134. The summed E-state index contributed by atoms with van der Waals surface area (Å²) in [4.78, 5) is 16.5. The maximum Gasteiger partial charge on any atom is 0.246 e. The van der Waals surface area contributed by atoms with E-state index in [2.05, 4.69) is 45.2 Å². The summed E-state index contributed by atoms with van der Waals surface area (Å²) in [7, 11) is 3.76. The van der Waals surface area contributed by atoms with Gasteiger partial charge in [-0.2, -0.15) is 0 Å². The Kier molecular flexibility index (Phi) is 4.47. The van der Waals surface area contributed by atoms with Gasteiger partial charge in [-0.1, -0.05) is 22.0 Å². The molecule has 1 amide bonds. The van der Waals surface area contributed by atoms with Crippen LogP contribution in [0.25, 0.3) is 0 Å². The lowest BCUT2D eigenvalue weighted by Crippen LogP contribution is -2.62. The highest BCUT2D eigenvalue weighted by Crippen LogP contribution is 2.25. The Hall–Kier alpha value is -1.07. The van der Waals surface area contributed by atoms with Crippen molar-refractivity contribution in [3.63, 3.8) is 0 Å². The second-order valence-corrected chi connectivity index (χ2v) is 5.92. The van der Waals surface area contributed by atoms with Crippen LogP contribution in [0.15, 0.2) is 28.7 Å². The van der Waals surface area contributed by atoms with Gasteiger partial charge in [0, 0.05) is 36.3 Å². The van der Waals surface area contributed by atoms with Gasteiger partial charge in [-0.15, -0.1) is 0 Å². The molecule has 1 saturated heterocycles. The standard InChI is InChI=1S/C14H20BrN3O/c1-10-9-18(12-6-4-5-11(15)7-12)13(8-16-2)14(19)17(10)3/h4-7,10,13,16H,8-9H2,1-3H3. The number of rotatable bonds is 3. The van der Waals surface area contributed by atoms with Gasteiger partial charge < -0.3 is 15.1 Å². The van der Waals surface area contributed by atoms with E-state index in [1.54, 1.807) is 0 Å². The van der Waals surface area contributed by atoms with Crippen molar-refractivity contribution in [2.45, 2.75) is 19.0 Å². The van der Waals surface area contributed by atoms with Crippen LogP contribution >= 0.6 is 15.9 Å². The second-order valence-electron chi connectivity index (χ2n) is 5.00. The smallest absolute Gasteiger partial charge is 0.246 e. The van der Waals surface area contributed by atoms with E-state index in [9.17, 15) is 4.79 Å². The first-order chi connectivity index (χ1) is 9.04. The van der Waals surface area contributed by atoms with E-state index in [1.807, 2.05) is 31.1 Å². The number of nitrogens with zero attached hydrogens (tertiary/aromatic N) is 2. The average molecular weight is 326 g/mol. The van der Waals surface area contributed by atoms with Crippen molar-refractivity contribution in [3.8, 4) is 0 Å². The Morgan fingerprint density at radius 2 is 2.21 bits per heavy atom. The van der Waals surface area contributed by atoms with Crippen LogP contribution in [0.2, 0.25) is 0 Å². The molecule has 5 heteroatoms. The fraction of sp³-hybridized carbons (Fsp3) is 0.500. The van der Waals surface area contributed by atoms with Crippen LogP contribution in [-0.4, -0.2) is 50.1 Å². The average Bonchev–Trinajstić information content (AvgIpc) is 2.39. The van der Waals surface area contributed by atoms with E-state index in [-0.39, 0.29) is 18.0 Å². The molecule has 1 fully saturated rings. The summed E-state index contributed by atoms with van der Waals surface area (Å²) in [5, 5.41) is 3.12. The quantitative estimate of drug-likeness (QED) is 0.918. The predicted octanol–water partition coefficient (Wildman–Crippen LogP) is 1.70. The molecule has 1 aliphatic rings. The summed E-state index contributed by atoms with van der Waals surface area (Å²) in [6.45, 7) is 3.59. The molecule has 1 N–H and O–H groups in total. The Balaban J connectivity index is 2.32. The van der Waals surface area contributed by atoms with E-state index in [4.69, 9.17) is 0 Å². The molecule has 1 aromatic rings. The van der Waals surface area contributed by atoms with Gasteiger partial charge in [-0.05, 0) is 32.2 Å². The number of hydrogen-bond acceptors (Lipinski definition) is 3. The Labute approximate surface area is 122 Å². The first-order valence-corrected chi connectivity index (χ1v) is 7.27. The lowest BCUT2D eigenvalue weighted by atomic mass is 10.1. The van der Waals surface area contributed by atoms with Crippen LogP contribution in [-0.2, 0) is 4.79 Å². The zero-order valence-corrected chi connectivity index (χ0v) is 13.1. The summed E-state index contributed by atoms with van der Waals surface area (Å²) < 4.78 is 1.03. The highest BCUT2D eigenvalue weighted by Gasteiger charge is 2.36. The van der Waals surface area contributed by atoms with Gasteiger partial charge in [0.05, 0.1) is 0 Å². The van der Waals surface area contributed by atoms with Gasteiger partial charge in [0.25, 0.3) is 0 Å². The summed E-state index contributed by atoms with van der Waals surface area (Å²) in [6.07, 6.45) is 0. The van der Waals surface area contributed by atoms with Gasteiger partial charge >= 0.3 is 0 Å². The monoisotopic (exact) mass is 325 g/mol. The zero-order valence-electron chi connectivity index (χ0n) is 11.6. The highest BCUT2D eigenvalue weighted by atomic mass is 79.9. The molecule has 0 aromatic heterocycles. The number of carbonyl (C=O) groups is 1. The molecule has 2 atom stereocenters. The zero-order chi connectivity index (χ0) is 14.0. The van der Waals surface area contributed by atoms with Crippen LogP contribution < -0.4 is 10.2 Å². The van der Waals surface area contributed by atoms with Crippen molar-refractivity contribution >= 4 is 27.5 Å². The van der Waals surface area contributed by atoms with Gasteiger partial charge in [-0.25, -0.2) is 0 Å². The molecule has 1 heterocycles. The van der Waals surface area contributed by atoms with Gasteiger partial charge in [-0.3, -0.25) is 4.79 Å². The maximum absolute atomic E-state index is 12.4. The first-order valence-electron chi connectivity index (χ1n) is 6.48. The molecule has 0 spiro atoms. The Bertz CT molecular complexity index is 466. The number of hydrogen-bond donors (Lipinski definition) is 1.